The molecule has 5 heterocycles. The van der Waals surface area contributed by atoms with E-state index in [9.17, 15) is 5.26 Å². The fourth-order valence-corrected chi connectivity index (χ4v) is 6.59. The Kier molecular flexibility index (Phi) is 6.91. The van der Waals surface area contributed by atoms with Crippen LogP contribution in [0.15, 0.2) is 42.6 Å². The molecule has 3 aliphatic heterocycles. The fourth-order valence-electron chi connectivity index (χ4n) is 6.59. The van der Waals surface area contributed by atoms with Gasteiger partial charge in [-0.05, 0) is 56.7 Å². The van der Waals surface area contributed by atoms with Gasteiger partial charge in [-0.15, -0.1) is 0 Å². The lowest BCUT2D eigenvalue weighted by Crippen LogP contribution is -2.65. The van der Waals surface area contributed by atoms with Crippen molar-refractivity contribution in [3.05, 3.63) is 59.4 Å². The van der Waals surface area contributed by atoms with Gasteiger partial charge >= 0.3 is 0 Å². The van der Waals surface area contributed by atoms with Gasteiger partial charge in [-0.2, -0.15) is 5.26 Å². The largest absolute Gasteiger partial charge is 0.368 e. The van der Waals surface area contributed by atoms with E-state index in [4.69, 9.17) is 4.98 Å². The summed E-state index contributed by atoms with van der Waals surface area (Å²) in [5, 5.41) is 14.2. The zero-order valence-corrected chi connectivity index (χ0v) is 22.8. The predicted molar refractivity (Wildman–Crippen MR) is 153 cm³/mol. The second-order valence-electron chi connectivity index (χ2n) is 11.2. The van der Waals surface area contributed by atoms with Crippen molar-refractivity contribution in [1.82, 2.24) is 25.1 Å². The minimum atomic E-state index is 0.463. The molecule has 0 unspecified atom stereocenters. The molecule has 3 aromatic rings. The SMILES string of the molecule is Cc1nc(N2CCN[C@H](C)C2)ccc1CN1CCN2[C@@H](C1)CN(c1ccc(C#N)c3ncccc13)C[C@H]2C. The van der Waals surface area contributed by atoms with Crippen LogP contribution in [0.2, 0.25) is 0 Å². The molecule has 3 fully saturated rings. The Morgan fingerprint density at radius 3 is 2.71 bits per heavy atom. The zero-order chi connectivity index (χ0) is 26.2. The number of nitriles is 1. The van der Waals surface area contributed by atoms with E-state index < -0.39 is 0 Å². The smallest absolute Gasteiger partial charge is 0.128 e. The molecular weight excluding hydrogens is 472 g/mol. The van der Waals surface area contributed by atoms with Crippen molar-refractivity contribution in [3.8, 4) is 6.07 Å². The highest BCUT2D eigenvalue weighted by atomic mass is 15.4. The predicted octanol–water partition coefficient (Wildman–Crippen LogP) is 3.00. The molecule has 1 N–H and O–H groups in total. The molecule has 6 rings (SSSR count). The van der Waals surface area contributed by atoms with Gasteiger partial charge in [0, 0.05) is 100.0 Å². The van der Waals surface area contributed by atoms with Gasteiger partial charge in [0.15, 0.2) is 0 Å². The highest BCUT2D eigenvalue weighted by Gasteiger charge is 2.36. The van der Waals surface area contributed by atoms with Crippen LogP contribution in [0.1, 0.15) is 30.7 Å². The van der Waals surface area contributed by atoms with Gasteiger partial charge in [-0.3, -0.25) is 14.8 Å². The number of hydrogen-bond donors (Lipinski definition) is 1. The molecular formula is C30H38N8. The van der Waals surface area contributed by atoms with Crippen molar-refractivity contribution in [2.75, 3.05) is 62.2 Å². The molecule has 0 amide bonds. The average molecular weight is 511 g/mol. The van der Waals surface area contributed by atoms with Crippen LogP contribution in [-0.2, 0) is 6.54 Å². The summed E-state index contributed by atoms with van der Waals surface area (Å²) in [6.45, 7) is 15.9. The van der Waals surface area contributed by atoms with Gasteiger partial charge in [0.1, 0.15) is 11.9 Å². The number of benzene rings is 1. The molecule has 38 heavy (non-hydrogen) atoms. The van der Waals surface area contributed by atoms with Gasteiger partial charge in [0.05, 0.1) is 11.1 Å². The second kappa shape index (κ2) is 10.5. The fraction of sp³-hybridized carbons (Fsp3) is 0.500. The van der Waals surface area contributed by atoms with Crippen molar-refractivity contribution < 1.29 is 0 Å². The van der Waals surface area contributed by atoms with Crippen LogP contribution < -0.4 is 15.1 Å². The number of aryl methyl sites for hydroxylation is 1. The van der Waals surface area contributed by atoms with E-state index in [0.29, 0.717) is 23.7 Å². The number of aromatic nitrogens is 2. The van der Waals surface area contributed by atoms with E-state index in [1.807, 2.05) is 12.1 Å². The zero-order valence-electron chi connectivity index (χ0n) is 22.8. The first kappa shape index (κ1) is 25.1. The van der Waals surface area contributed by atoms with Crippen molar-refractivity contribution in [1.29, 1.82) is 5.26 Å². The lowest BCUT2D eigenvalue weighted by molar-refractivity contribution is 0.0316. The number of rotatable bonds is 4. The highest BCUT2D eigenvalue weighted by Crippen LogP contribution is 2.32. The van der Waals surface area contributed by atoms with Crippen LogP contribution in [0, 0.1) is 18.3 Å². The molecule has 0 radical (unpaired) electrons. The Labute approximate surface area is 225 Å². The Morgan fingerprint density at radius 2 is 1.89 bits per heavy atom. The van der Waals surface area contributed by atoms with Crippen LogP contribution in [0.4, 0.5) is 11.5 Å². The second-order valence-corrected chi connectivity index (χ2v) is 11.2. The lowest BCUT2D eigenvalue weighted by Gasteiger charge is -2.51. The maximum Gasteiger partial charge on any atom is 0.128 e. The van der Waals surface area contributed by atoms with Crippen LogP contribution in [0.25, 0.3) is 10.9 Å². The number of hydrogen-bond acceptors (Lipinski definition) is 8. The monoisotopic (exact) mass is 510 g/mol. The summed E-state index contributed by atoms with van der Waals surface area (Å²) in [7, 11) is 0. The number of pyridine rings is 2. The number of piperazine rings is 3. The highest BCUT2D eigenvalue weighted by molar-refractivity contribution is 5.95. The van der Waals surface area contributed by atoms with Crippen LogP contribution in [-0.4, -0.2) is 90.3 Å². The molecule has 3 aliphatic rings. The molecule has 0 saturated carbocycles. The van der Waals surface area contributed by atoms with Gasteiger partial charge in [0.25, 0.3) is 0 Å². The Balaban J connectivity index is 1.17. The molecule has 198 valence electrons. The Hall–Kier alpha value is -3.25. The topological polar surface area (TPSA) is 74.6 Å². The van der Waals surface area contributed by atoms with Crippen molar-refractivity contribution in [2.24, 2.45) is 0 Å². The van der Waals surface area contributed by atoms with Gasteiger partial charge in [-0.1, -0.05) is 6.07 Å². The first-order valence-corrected chi connectivity index (χ1v) is 14.0. The van der Waals surface area contributed by atoms with E-state index in [0.717, 1.165) is 81.3 Å². The number of nitrogens with zero attached hydrogens (tertiary/aromatic N) is 7. The molecule has 3 saturated heterocycles. The normalized spacial score (nSPS) is 24.8. The first-order valence-electron chi connectivity index (χ1n) is 14.0. The standard InChI is InChI=1S/C30H38N8/c1-21-16-36(12-11-32-21)29-9-7-25(23(3)34-29)18-35-13-14-38-22(2)17-37(20-26(38)19-35)28-8-6-24(15-31)30-27(28)5-4-10-33-30/h4-10,21-22,26,32H,11-14,16-20H2,1-3H3/t21-,22-,26+/m1/s1. The quantitative estimate of drug-likeness (QED) is 0.574. The summed E-state index contributed by atoms with van der Waals surface area (Å²) < 4.78 is 0. The van der Waals surface area contributed by atoms with Gasteiger partial charge < -0.3 is 15.1 Å². The number of nitrogens with one attached hydrogen (secondary N) is 1. The summed E-state index contributed by atoms with van der Waals surface area (Å²) in [5.41, 5.74) is 5.10. The van der Waals surface area contributed by atoms with E-state index in [1.54, 1.807) is 6.20 Å². The van der Waals surface area contributed by atoms with Crippen LogP contribution in [0.5, 0.6) is 0 Å². The average Bonchev–Trinajstić information content (AvgIpc) is 2.93. The van der Waals surface area contributed by atoms with Gasteiger partial charge in [-0.25, -0.2) is 4.98 Å². The summed E-state index contributed by atoms with van der Waals surface area (Å²) in [4.78, 5) is 19.7. The molecule has 8 nitrogen and oxygen atoms in total. The van der Waals surface area contributed by atoms with E-state index in [2.05, 4.69) is 81.0 Å². The minimum absolute atomic E-state index is 0.463. The molecule has 2 aromatic heterocycles. The van der Waals surface area contributed by atoms with Crippen LogP contribution in [0.3, 0.4) is 0 Å². The summed E-state index contributed by atoms with van der Waals surface area (Å²) >= 11 is 0. The van der Waals surface area contributed by atoms with Crippen molar-refractivity contribution >= 4 is 22.4 Å². The summed E-state index contributed by atoms with van der Waals surface area (Å²) in [6, 6.07) is 16.4. The Morgan fingerprint density at radius 1 is 1.00 bits per heavy atom. The minimum Gasteiger partial charge on any atom is -0.368 e. The summed E-state index contributed by atoms with van der Waals surface area (Å²) in [5.74, 6) is 1.10. The Bertz CT molecular complexity index is 1350. The van der Waals surface area contributed by atoms with E-state index in [1.165, 1.54) is 11.3 Å². The van der Waals surface area contributed by atoms with Crippen molar-refractivity contribution in [3.63, 3.8) is 0 Å². The maximum absolute atomic E-state index is 9.57. The molecule has 1 aromatic carbocycles. The first-order chi connectivity index (χ1) is 18.5. The maximum atomic E-state index is 9.57. The third kappa shape index (κ3) is 4.82. The van der Waals surface area contributed by atoms with Crippen molar-refractivity contribution in [2.45, 2.75) is 45.4 Å². The number of anilines is 2. The third-order valence-corrected chi connectivity index (χ3v) is 8.57. The van der Waals surface area contributed by atoms with Crippen LogP contribution >= 0.6 is 0 Å². The molecule has 0 spiro atoms. The van der Waals surface area contributed by atoms with Gasteiger partial charge in [0.2, 0.25) is 0 Å². The summed E-state index contributed by atoms with van der Waals surface area (Å²) in [6.07, 6.45) is 1.78. The molecule has 8 heteroatoms. The van der Waals surface area contributed by atoms with E-state index >= 15 is 0 Å². The molecule has 0 bridgehead atoms. The number of fused-ring (bicyclic) bond motifs is 2. The van der Waals surface area contributed by atoms with E-state index in [-0.39, 0.29) is 0 Å². The third-order valence-electron chi connectivity index (χ3n) is 8.57. The molecule has 3 atom stereocenters. The molecule has 0 aliphatic carbocycles. The lowest BCUT2D eigenvalue weighted by atomic mass is 10.0.